The third-order valence-corrected chi connectivity index (χ3v) is 10.5. The number of aromatic nitrogens is 1. The van der Waals surface area contributed by atoms with Crippen LogP contribution in [0, 0.1) is 0 Å². The Hall–Kier alpha value is -4.35. The van der Waals surface area contributed by atoms with Crippen molar-refractivity contribution >= 4 is 35.0 Å². The minimum Gasteiger partial charge on any atom is -0.464 e. The molecule has 5 rings (SSSR count). The Balaban J connectivity index is 1.41. The molecule has 1 N–H and O–H groups in total. The van der Waals surface area contributed by atoms with E-state index in [0.717, 1.165) is 24.0 Å². The summed E-state index contributed by atoms with van der Waals surface area (Å²) in [6.07, 6.45) is 5.28. The molecule has 3 heterocycles. The van der Waals surface area contributed by atoms with Gasteiger partial charge in [-0.1, -0.05) is 66.7 Å². The van der Waals surface area contributed by atoms with Crippen molar-refractivity contribution in [3.63, 3.8) is 0 Å². The highest BCUT2D eigenvalue weighted by atomic mass is 32.1. The summed E-state index contributed by atoms with van der Waals surface area (Å²) in [4.78, 5) is 65.0. The van der Waals surface area contributed by atoms with Crippen LogP contribution in [-0.4, -0.2) is 94.3 Å². The van der Waals surface area contributed by atoms with Gasteiger partial charge in [0, 0.05) is 37.5 Å². The fourth-order valence-electron chi connectivity index (χ4n) is 6.78. The topological polar surface area (TPSA) is 112 Å². The average molecular weight is 686 g/mol. The summed E-state index contributed by atoms with van der Waals surface area (Å²) in [6, 6.07) is 17.1. The number of likely N-dealkylation sites (tertiary alicyclic amines) is 2. The Morgan fingerprint density at radius 1 is 1.00 bits per heavy atom. The maximum atomic E-state index is 14.7. The van der Waals surface area contributed by atoms with Crippen LogP contribution in [0.2, 0.25) is 0 Å². The number of ether oxygens (including phenoxy) is 1. The number of carbonyl (C=O) groups excluding carboxylic acids is 4. The van der Waals surface area contributed by atoms with E-state index in [1.54, 1.807) is 28.3 Å². The summed E-state index contributed by atoms with van der Waals surface area (Å²) < 4.78 is 4.83. The maximum absolute atomic E-state index is 14.7. The standard InChI is InChI=1S/C38H47N5O5S/c1-6-38(2,3)40-28(23-26-15-9-7-10-16-26)34(44)41(4)32(24-27-17-11-8-12-18-27)36(46)43-22-14-20-31(43)35(45)42-21-13-19-30(42)33-39-29(25-49-33)37(47)48-5/h6-12,15-18,25,28,30-32,40H,1,13-14,19-24H2,2-5H3. The minimum absolute atomic E-state index is 0.119. The van der Waals surface area contributed by atoms with Gasteiger partial charge < -0.3 is 19.4 Å². The van der Waals surface area contributed by atoms with Crippen molar-refractivity contribution in [2.75, 3.05) is 27.2 Å². The molecule has 0 bridgehead atoms. The number of likely N-dealkylation sites (N-methyl/N-ethyl adjacent to an activating group) is 1. The van der Waals surface area contributed by atoms with Crippen LogP contribution in [0.1, 0.15) is 72.2 Å². The molecule has 2 saturated heterocycles. The van der Waals surface area contributed by atoms with Crippen molar-refractivity contribution in [1.29, 1.82) is 0 Å². The average Bonchev–Trinajstić information content (AvgIpc) is 3.91. The SMILES string of the molecule is C=CC(C)(C)NC(Cc1ccccc1)C(=O)N(C)C(Cc1ccccc1)C(=O)N1CCCC1C(=O)N1CCCC1c1nc(C(=O)OC)cs1. The maximum Gasteiger partial charge on any atom is 0.357 e. The van der Waals surface area contributed by atoms with E-state index in [1.807, 2.05) is 79.4 Å². The molecule has 260 valence electrons. The molecule has 2 fully saturated rings. The molecular weight excluding hydrogens is 639 g/mol. The Morgan fingerprint density at radius 2 is 1.61 bits per heavy atom. The van der Waals surface area contributed by atoms with E-state index < -0.39 is 29.6 Å². The van der Waals surface area contributed by atoms with Gasteiger partial charge in [-0.25, -0.2) is 9.78 Å². The van der Waals surface area contributed by atoms with Gasteiger partial charge in [0.2, 0.25) is 17.7 Å². The molecule has 1 aromatic heterocycles. The molecule has 2 aromatic carbocycles. The zero-order valence-electron chi connectivity index (χ0n) is 28.8. The number of hydrogen-bond donors (Lipinski definition) is 1. The smallest absolute Gasteiger partial charge is 0.357 e. The lowest BCUT2D eigenvalue weighted by molar-refractivity contribution is -0.150. The Morgan fingerprint density at radius 3 is 2.24 bits per heavy atom. The van der Waals surface area contributed by atoms with Crippen molar-refractivity contribution in [1.82, 2.24) is 25.0 Å². The molecule has 3 aromatic rings. The fourth-order valence-corrected chi connectivity index (χ4v) is 7.72. The zero-order chi connectivity index (χ0) is 35.1. The largest absolute Gasteiger partial charge is 0.464 e. The first-order valence-electron chi connectivity index (χ1n) is 16.9. The molecule has 3 amide bonds. The molecule has 49 heavy (non-hydrogen) atoms. The third kappa shape index (κ3) is 8.45. The van der Waals surface area contributed by atoms with Crippen LogP contribution in [0.3, 0.4) is 0 Å². The van der Waals surface area contributed by atoms with Gasteiger partial charge in [0.05, 0.1) is 19.2 Å². The number of amides is 3. The first-order valence-corrected chi connectivity index (χ1v) is 17.8. The number of esters is 1. The molecule has 2 aliphatic heterocycles. The fraction of sp³-hybridized carbons (Fsp3) is 0.447. The van der Waals surface area contributed by atoms with E-state index in [-0.39, 0.29) is 29.5 Å². The molecule has 2 aliphatic rings. The number of rotatable bonds is 13. The second-order valence-corrected chi connectivity index (χ2v) is 14.3. The number of thiazole rings is 1. The third-order valence-electron chi connectivity index (χ3n) is 9.57. The van der Waals surface area contributed by atoms with E-state index in [2.05, 4.69) is 16.9 Å². The molecule has 11 heteroatoms. The number of hydrogen-bond acceptors (Lipinski definition) is 8. The summed E-state index contributed by atoms with van der Waals surface area (Å²) >= 11 is 1.34. The van der Waals surface area contributed by atoms with E-state index in [0.29, 0.717) is 43.8 Å². The second kappa shape index (κ2) is 15.9. The summed E-state index contributed by atoms with van der Waals surface area (Å²) in [7, 11) is 3.01. The van der Waals surface area contributed by atoms with Crippen LogP contribution in [0.4, 0.5) is 0 Å². The second-order valence-electron chi connectivity index (χ2n) is 13.4. The van der Waals surface area contributed by atoms with Crippen LogP contribution in [0.5, 0.6) is 0 Å². The van der Waals surface area contributed by atoms with Crippen molar-refractivity contribution in [2.24, 2.45) is 0 Å². The van der Waals surface area contributed by atoms with Gasteiger partial charge in [-0.3, -0.25) is 19.7 Å². The molecule has 10 nitrogen and oxygen atoms in total. The highest BCUT2D eigenvalue weighted by Gasteiger charge is 2.44. The Kier molecular flexibility index (Phi) is 11.7. The lowest BCUT2D eigenvalue weighted by Crippen LogP contribution is -2.59. The van der Waals surface area contributed by atoms with Gasteiger partial charge in [0.1, 0.15) is 17.1 Å². The number of nitrogens with one attached hydrogen (secondary N) is 1. The summed E-state index contributed by atoms with van der Waals surface area (Å²) in [5.74, 6) is -1.08. The Bertz CT molecular complexity index is 1630. The molecule has 0 radical (unpaired) electrons. The minimum atomic E-state index is -0.828. The van der Waals surface area contributed by atoms with Gasteiger partial charge >= 0.3 is 5.97 Å². The molecule has 4 atom stereocenters. The lowest BCUT2D eigenvalue weighted by atomic mass is 9.97. The van der Waals surface area contributed by atoms with Gasteiger partial charge in [0.15, 0.2) is 5.69 Å². The first-order chi connectivity index (χ1) is 23.5. The predicted molar refractivity (Wildman–Crippen MR) is 190 cm³/mol. The number of methoxy groups -OCH3 is 1. The van der Waals surface area contributed by atoms with E-state index >= 15 is 0 Å². The van der Waals surface area contributed by atoms with E-state index in [4.69, 9.17) is 4.74 Å². The predicted octanol–water partition coefficient (Wildman–Crippen LogP) is 4.82. The van der Waals surface area contributed by atoms with Crippen LogP contribution < -0.4 is 5.32 Å². The Labute approximate surface area is 293 Å². The summed E-state index contributed by atoms with van der Waals surface area (Å²) in [5, 5.41) is 5.81. The molecule has 4 unspecified atom stereocenters. The van der Waals surface area contributed by atoms with Crippen LogP contribution in [0.25, 0.3) is 0 Å². The van der Waals surface area contributed by atoms with Crippen LogP contribution in [-0.2, 0) is 32.0 Å². The van der Waals surface area contributed by atoms with Gasteiger partial charge in [-0.05, 0) is 57.1 Å². The van der Waals surface area contributed by atoms with E-state index in [1.165, 1.54) is 18.4 Å². The van der Waals surface area contributed by atoms with Gasteiger partial charge in [0.25, 0.3) is 0 Å². The van der Waals surface area contributed by atoms with Crippen molar-refractivity contribution < 1.29 is 23.9 Å². The van der Waals surface area contributed by atoms with Crippen LogP contribution in [0.15, 0.2) is 78.7 Å². The number of benzene rings is 2. The lowest BCUT2D eigenvalue weighted by Gasteiger charge is -2.37. The highest BCUT2D eigenvalue weighted by Crippen LogP contribution is 2.36. The van der Waals surface area contributed by atoms with Crippen LogP contribution >= 0.6 is 11.3 Å². The van der Waals surface area contributed by atoms with Gasteiger partial charge in [-0.2, -0.15) is 0 Å². The van der Waals surface area contributed by atoms with E-state index in [9.17, 15) is 19.2 Å². The normalized spacial score (nSPS) is 18.9. The first kappa shape index (κ1) is 35.9. The van der Waals surface area contributed by atoms with Crippen molar-refractivity contribution in [3.05, 3.63) is 101 Å². The number of carbonyl (C=O) groups is 4. The highest BCUT2D eigenvalue weighted by molar-refractivity contribution is 7.09. The molecule has 0 aliphatic carbocycles. The summed E-state index contributed by atoms with van der Waals surface area (Å²) in [6.45, 7) is 8.86. The molecular formula is C38H47N5O5S. The number of nitrogens with zero attached hydrogens (tertiary/aromatic N) is 4. The van der Waals surface area contributed by atoms with Gasteiger partial charge in [-0.15, -0.1) is 17.9 Å². The quantitative estimate of drug-likeness (QED) is 0.203. The molecule has 0 spiro atoms. The van der Waals surface area contributed by atoms with Crippen molar-refractivity contribution in [3.8, 4) is 0 Å². The monoisotopic (exact) mass is 685 g/mol. The zero-order valence-corrected chi connectivity index (χ0v) is 29.7. The van der Waals surface area contributed by atoms with Crippen molar-refractivity contribution in [2.45, 2.75) is 82.1 Å². The molecule has 0 saturated carbocycles. The summed E-state index contributed by atoms with van der Waals surface area (Å²) in [5.41, 5.74) is 1.61.